The molecule has 6 nitrogen and oxygen atoms in total. The number of rotatable bonds is 3. The molecule has 1 N–H and O–H groups in total. The fraction of sp³-hybridized carbons (Fsp3) is 0.200. The fourth-order valence-corrected chi connectivity index (χ4v) is 1.75. The van der Waals surface area contributed by atoms with Crippen LogP contribution in [0.25, 0.3) is 10.4 Å². The van der Waals surface area contributed by atoms with E-state index in [4.69, 9.17) is 10.1 Å². The van der Waals surface area contributed by atoms with Gasteiger partial charge in [0.2, 0.25) is 0 Å². The highest BCUT2D eigenvalue weighted by Crippen LogP contribution is 2.13. The lowest BCUT2D eigenvalue weighted by Crippen LogP contribution is -2.00. The van der Waals surface area contributed by atoms with Crippen LogP contribution in [0.5, 0.6) is 0 Å². The van der Waals surface area contributed by atoms with E-state index in [1.165, 1.54) is 18.2 Å². The van der Waals surface area contributed by atoms with Gasteiger partial charge in [-0.3, -0.25) is 4.55 Å². The third-order valence-corrected chi connectivity index (χ3v) is 2.70. The van der Waals surface area contributed by atoms with Crippen molar-refractivity contribution in [2.75, 3.05) is 6.54 Å². The average molecular weight is 251 g/mol. The predicted octanol–water partition coefficient (Wildman–Crippen LogP) is 1.99. The van der Waals surface area contributed by atoms with Crippen LogP contribution in [0.2, 0.25) is 0 Å². The Morgan fingerprint density at radius 1 is 1.41 bits per heavy atom. The topological polar surface area (TPSA) is 103 Å². The monoisotopic (exact) mass is 251 g/mol. The Balaban J connectivity index is 2.95. The number of nitrogens with zero attached hydrogens (tertiary/aromatic N) is 3. The van der Waals surface area contributed by atoms with Crippen molar-refractivity contribution >= 4 is 10.1 Å². The zero-order chi connectivity index (χ0) is 12.7. The number of hydrogen-bond donors (Lipinski definition) is 1. The van der Waals surface area contributed by atoms with Crippen LogP contribution in [-0.4, -0.2) is 19.5 Å². The van der Waals surface area contributed by atoms with Crippen molar-refractivity contribution in [2.45, 2.75) is 11.3 Å². The summed E-state index contributed by atoms with van der Waals surface area (Å²) in [7, 11) is -4.27. The van der Waals surface area contributed by atoms with E-state index in [2.05, 4.69) is 21.9 Å². The number of azide groups is 1. The molecule has 0 atom stereocenters. The van der Waals surface area contributed by atoms with Gasteiger partial charge in [-0.1, -0.05) is 29.1 Å². The van der Waals surface area contributed by atoms with Crippen molar-refractivity contribution < 1.29 is 13.0 Å². The lowest BCUT2D eigenvalue weighted by molar-refractivity contribution is 0.483. The van der Waals surface area contributed by atoms with Crippen molar-refractivity contribution in [1.29, 1.82) is 0 Å². The van der Waals surface area contributed by atoms with Crippen LogP contribution in [0.3, 0.4) is 0 Å². The van der Waals surface area contributed by atoms with E-state index >= 15 is 0 Å². The molecular weight excluding hydrogens is 242 g/mol. The summed E-state index contributed by atoms with van der Waals surface area (Å²) in [6.07, 6.45) is 0.323. The standard InChI is InChI=1S/C10H9N3O3S/c11-13-12-8-4-3-6-9-5-1-2-7-10(9)17(14,15)16/h1-2,5,7H,4,8H2,(H,14,15,16). The van der Waals surface area contributed by atoms with Crippen LogP contribution in [0.4, 0.5) is 0 Å². The van der Waals surface area contributed by atoms with Crippen LogP contribution in [0.1, 0.15) is 12.0 Å². The van der Waals surface area contributed by atoms with E-state index in [-0.39, 0.29) is 17.0 Å². The molecule has 0 aromatic heterocycles. The molecule has 0 saturated heterocycles. The maximum atomic E-state index is 11.0. The van der Waals surface area contributed by atoms with Gasteiger partial charge in [0, 0.05) is 23.4 Å². The first-order chi connectivity index (χ1) is 8.05. The zero-order valence-electron chi connectivity index (χ0n) is 8.74. The lowest BCUT2D eigenvalue weighted by atomic mass is 10.2. The molecule has 0 amide bonds. The minimum atomic E-state index is -4.27. The Morgan fingerprint density at radius 2 is 2.12 bits per heavy atom. The lowest BCUT2D eigenvalue weighted by Gasteiger charge is -1.99. The highest BCUT2D eigenvalue weighted by molar-refractivity contribution is 7.85. The summed E-state index contributed by atoms with van der Waals surface area (Å²) in [5.41, 5.74) is 8.25. The fourth-order valence-electron chi connectivity index (χ4n) is 1.10. The van der Waals surface area contributed by atoms with Crippen LogP contribution in [0.15, 0.2) is 34.3 Å². The average Bonchev–Trinajstić information content (AvgIpc) is 2.28. The molecule has 0 bridgehead atoms. The van der Waals surface area contributed by atoms with Crippen LogP contribution < -0.4 is 0 Å². The first kappa shape index (κ1) is 13.1. The van der Waals surface area contributed by atoms with E-state index < -0.39 is 10.1 Å². The van der Waals surface area contributed by atoms with Gasteiger partial charge in [0.1, 0.15) is 4.90 Å². The summed E-state index contributed by atoms with van der Waals surface area (Å²) in [5.74, 6) is 5.26. The first-order valence-corrected chi connectivity index (χ1v) is 6.06. The molecule has 0 fully saturated rings. The van der Waals surface area contributed by atoms with Gasteiger partial charge in [-0.05, 0) is 17.7 Å². The molecule has 88 valence electrons. The van der Waals surface area contributed by atoms with Gasteiger partial charge < -0.3 is 0 Å². The summed E-state index contributed by atoms with van der Waals surface area (Å²) >= 11 is 0. The maximum absolute atomic E-state index is 11.0. The van der Waals surface area contributed by atoms with Gasteiger partial charge in [-0.25, -0.2) is 0 Å². The summed E-state index contributed by atoms with van der Waals surface area (Å²) in [5, 5.41) is 3.28. The Labute approximate surface area is 98.7 Å². The molecular formula is C10H9N3O3S. The molecule has 0 radical (unpaired) electrons. The Bertz CT molecular complexity index is 607. The molecule has 0 unspecified atom stereocenters. The van der Waals surface area contributed by atoms with Crippen molar-refractivity contribution in [3.05, 3.63) is 40.3 Å². The SMILES string of the molecule is [N-]=[N+]=NCCC#Cc1ccccc1S(=O)(=O)O. The van der Waals surface area contributed by atoms with E-state index in [0.29, 0.717) is 6.42 Å². The van der Waals surface area contributed by atoms with E-state index in [0.717, 1.165) is 0 Å². The largest absolute Gasteiger partial charge is 0.295 e. The summed E-state index contributed by atoms with van der Waals surface area (Å²) in [6.45, 7) is 0.220. The van der Waals surface area contributed by atoms with E-state index in [1.54, 1.807) is 6.07 Å². The maximum Gasteiger partial charge on any atom is 0.295 e. The van der Waals surface area contributed by atoms with Crippen molar-refractivity contribution in [3.8, 4) is 11.8 Å². The van der Waals surface area contributed by atoms with Gasteiger partial charge in [-0.2, -0.15) is 8.42 Å². The van der Waals surface area contributed by atoms with Crippen LogP contribution in [-0.2, 0) is 10.1 Å². The molecule has 17 heavy (non-hydrogen) atoms. The molecule has 0 aliphatic carbocycles. The van der Waals surface area contributed by atoms with E-state index in [9.17, 15) is 8.42 Å². The summed E-state index contributed by atoms with van der Waals surface area (Å²) < 4.78 is 31.0. The normalized spacial score (nSPS) is 9.94. The highest BCUT2D eigenvalue weighted by atomic mass is 32.2. The van der Waals surface area contributed by atoms with Crippen molar-refractivity contribution in [2.24, 2.45) is 5.11 Å². The predicted molar refractivity (Wildman–Crippen MR) is 61.8 cm³/mol. The third kappa shape index (κ3) is 4.17. The minimum absolute atomic E-state index is 0.218. The highest BCUT2D eigenvalue weighted by Gasteiger charge is 2.12. The zero-order valence-corrected chi connectivity index (χ0v) is 9.55. The van der Waals surface area contributed by atoms with Crippen LogP contribution in [0, 0.1) is 11.8 Å². The molecule has 1 rings (SSSR count). The van der Waals surface area contributed by atoms with E-state index in [1.807, 2.05) is 0 Å². The molecule has 0 spiro atoms. The molecule has 0 heterocycles. The molecule has 1 aromatic carbocycles. The second-order valence-electron chi connectivity index (χ2n) is 2.98. The number of hydrogen-bond acceptors (Lipinski definition) is 3. The Kier molecular flexibility index (Phi) is 4.55. The van der Waals surface area contributed by atoms with Gasteiger partial charge in [0.25, 0.3) is 10.1 Å². The molecule has 0 aliphatic rings. The van der Waals surface area contributed by atoms with Gasteiger partial charge in [0.05, 0.1) is 0 Å². The first-order valence-electron chi connectivity index (χ1n) is 4.62. The summed E-state index contributed by atoms with van der Waals surface area (Å²) in [6, 6.07) is 5.87. The van der Waals surface area contributed by atoms with Crippen molar-refractivity contribution in [1.82, 2.24) is 0 Å². The molecule has 0 saturated carbocycles. The summed E-state index contributed by atoms with van der Waals surface area (Å²) in [4.78, 5) is 2.33. The van der Waals surface area contributed by atoms with Gasteiger partial charge in [0.15, 0.2) is 0 Å². The quantitative estimate of drug-likeness (QED) is 0.222. The van der Waals surface area contributed by atoms with Crippen molar-refractivity contribution in [3.63, 3.8) is 0 Å². The Morgan fingerprint density at radius 3 is 2.76 bits per heavy atom. The van der Waals surface area contributed by atoms with Gasteiger partial charge >= 0.3 is 0 Å². The second-order valence-corrected chi connectivity index (χ2v) is 4.37. The Hall–Kier alpha value is -2.00. The van der Waals surface area contributed by atoms with Crippen LogP contribution >= 0.6 is 0 Å². The smallest absolute Gasteiger partial charge is 0.282 e. The third-order valence-electron chi connectivity index (χ3n) is 1.79. The minimum Gasteiger partial charge on any atom is -0.282 e. The number of benzene rings is 1. The molecule has 7 heteroatoms. The molecule has 0 aliphatic heterocycles. The van der Waals surface area contributed by atoms with Gasteiger partial charge in [-0.15, -0.1) is 0 Å². The second kappa shape index (κ2) is 5.92. The molecule has 1 aromatic rings.